The van der Waals surface area contributed by atoms with Crippen molar-refractivity contribution in [3.8, 4) is 5.75 Å². The van der Waals surface area contributed by atoms with Crippen molar-refractivity contribution in [2.45, 2.75) is 0 Å². The molecule has 0 amide bonds. The largest absolute Gasteiger partial charge is 0.486 e. The van der Waals surface area contributed by atoms with Crippen molar-refractivity contribution in [2.75, 3.05) is 33.9 Å². The van der Waals surface area contributed by atoms with Crippen LogP contribution < -0.4 is 4.74 Å². The maximum Gasteiger partial charge on any atom is 0.338 e. The average Bonchev–Trinajstić information content (AvgIpc) is 2.42. The number of benzene rings is 1. The third-order valence-electron chi connectivity index (χ3n) is 2.29. The fourth-order valence-corrected chi connectivity index (χ4v) is 1.84. The highest BCUT2D eigenvalue weighted by atomic mass is 31.2. The van der Waals surface area contributed by atoms with E-state index in [1.807, 2.05) is 0 Å². The Morgan fingerprint density at radius 1 is 1.00 bits per heavy atom. The van der Waals surface area contributed by atoms with Crippen molar-refractivity contribution in [1.29, 1.82) is 0 Å². The zero-order valence-corrected chi connectivity index (χ0v) is 12.7. The van der Waals surface area contributed by atoms with Gasteiger partial charge in [0, 0.05) is 0 Å². The van der Waals surface area contributed by atoms with Crippen molar-refractivity contribution in [3.05, 3.63) is 29.3 Å². The summed E-state index contributed by atoms with van der Waals surface area (Å²) in [4.78, 5) is 23.1. The molecule has 0 radical (unpaired) electrons. The van der Waals surface area contributed by atoms with Gasteiger partial charge in [-0.2, -0.15) is 0 Å². The summed E-state index contributed by atoms with van der Waals surface area (Å²) < 4.78 is 26.2. The van der Waals surface area contributed by atoms with E-state index in [2.05, 4.69) is 9.47 Å². The third-order valence-corrected chi connectivity index (χ3v) is 3.04. The van der Waals surface area contributed by atoms with Crippen LogP contribution in [0.2, 0.25) is 0 Å². The third kappa shape index (κ3) is 4.70. The van der Waals surface area contributed by atoms with Gasteiger partial charge >= 0.3 is 11.9 Å². The maximum atomic E-state index is 11.6. The summed E-state index contributed by atoms with van der Waals surface area (Å²) in [6.07, 6.45) is 0.0121. The molecule has 0 saturated carbocycles. The molecule has 0 atom stereocenters. The Kier molecular flexibility index (Phi) is 5.34. The predicted molar refractivity (Wildman–Crippen MR) is 74.1 cm³/mol. The lowest BCUT2D eigenvalue weighted by Gasteiger charge is -2.11. The van der Waals surface area contributed by atoms with Crippen LogP contribution >= 0.6 is 7.14 Å². The van der Waals surface area contributed by atoms with Gasteiger partial charge in [-0.05, 0) is 31.5 Å². The summed E-state index contributed by atoms with van der Waals surface area (Å²) in [5.41, 5.74) is 0.319. The minimum Gasteiger partial charge on any atom is -0.486 e. The highest BCUT2D eigenvalue weighted by molar-refractivity contribution is 7.62. The number of esters is 2. The van der Waals surface area contributed by atoms with Gasteiger partial charge in [0.2, 0.25) is 0 Å². The molecule has 0 aromatic heterocycles. The first-order valence-electron chi connectivity index (χ1n) is 5.75. The van der Waals surface area contributed by atoms with Crippen LogP contribution in [0.4, 0.5) is 0 Å². The van der Waals surface area contributed by atoms with Crippen LogP contribution in [0.1, 0.15) is 20.7 Å². The van der Waals surface area contributed by atoms with E-state index in [0.717, 1.165) is 0 Å². The number of carbonyl (C=O) groups is 2. The van der Waals surface area contributed by atoms with Gasteiger partial charge in [0.25, 0.3) is 0 Å². The molecule has 1 rings (SSSR count). The zero-order valence-electron chi connectivity index (χ0n) is 11.8. The summed E-state index contributed by atoms with van der Waals surface area (Å²) >= 11 is 0. The standard InChI is InChI=1S/C13H17O6P/c1-17-12(14)9-5-10(13(15)18-2)7-11(6-9)19-8-20(3,4)16/h5-7H,8H2,1-4H3. The molecule has 0 N–H and O–H groups in total. The first-order chi connectivity index (χ1) is 9.26. The lowest BCUT2D eigenvalue weighted by Crippen LogP contribution is -2.08. The summed E-state index contributed by atoms with van der Waals surface area (Å²) in [6, 6.07) is 4.20. The Hall–Kier alpha value is -1.81. The van der Waals surface area contributed by atoms with E-state index >= 15 is 0 Å². The molecule has 0 aliphatic heterocycles. The van der Waals surface area contributed by atoms with Crippen LogP contribution in [-0.4, -0.2) is 45.8 Å². The van der Waals surface area contributed by atoms with Gasteiger partial charge in [0.05, 0.1) is 25.3 Å². The van der Waals surface area contributed by atoms with Gasteiger partial charge in [-0.3, -0.25) is 0 Å². The summed E-state index contributed by atoms with van der Waals surface area (Å²) in [5.74, 6) is -0.939. The first-order valence-corrected chi connectivity index (χ1v) is 8.54. The summed E-state index contributed by atoms with van der Waals surface area (Å²) in [6.45, 7) is 3.16. The molecule has 7 heteroatoms. The lowest BCUT2D eigenvalue weighted by molar-refractivity contribution is 0.0598. The Morgan fingerprint density at radius 3 is 1.80 bits per heavy atom. The second kappa shape index (κ2) is 6.57. The number of carbonyl (C=O) groups excluding carboxylic acids is 2. The zero-order chi connectivity index (χ0) is 15.3. The molecule has 0 spiro atoms. The fraction of sp³-hybridized carbons (Fsp3) is 0.385. The van der Waals surface area contributed by atoms with Crippen molar-refractivity contribution in [3.63, 3.8) is 0 Å². The molecule has 6 nitrogen and oxygen atoms in total. The number of methoxy groups -OCH3 is 2. The minimum atomic E-state index is -2.38. The molecule has 0 aliphatic rings. The molecule has 1 aromatic rings. The van der Waals surface area contributed by atoms with E-state index in [1.165, 1.54) is 32.4 Å². The normalized spacial score (nSPS) is 10.8. The Balaban J connectivity index is 3.13. The second-order valence-electron chi connectivity index (χ2n) is 4.58. The molecule has 1 aromatic carbocycles. The Bertz CT molecular complexity index is 526. The fourth-order valence-electron chi connectivity index (χ4n) is 1.38. The van der Waals surface area contributed by atoms with Gasteiger partial charge in [-0.15, -0.1) is 0 Å². The average molecular weight is 300 g/mol. The van der Waals surface area contributed by atoms with Gasteiger partial charge < -0.3 is 18.8 Å². The van der Waals surface area contributed by atoms with Gasteiger partial charge in [-0.25, -0.2) is 9.59 Å². The van der Waals surface area contributed by atoms with Crippen LogP contribution in [0.5, 0.6) is 5.75 Å². The van der Waals surface area contributed by atoms with Gasteiger partial charge in [0.1, 0.15) is 19.2 Å². The molecule has 0 heterocycles. The monoisotopic (exact) mass is 300 g/mol. The minimum absolute atomic E-state index is 0.0121. The van der Waals surface area contributed by atoms with E-state index < -0.39 is 19.1 Å². The van der Waals surface area contributed by atoms with E-state index in [1.54, 1.807) is 13.3 Å². The van der Waals surface area contributed by atoms with Crippen LogP contribution in [0.3, 0.4) is 0 Å². The molecule has 0 bridgehead atoms. The number of rotatable bonds is 5. The molecule has 110 valence electrons. The van der Waals surface area contributed by atoms with Crippen molar-refractivity contribution in [2.24, 2.45) is 0 Å². The van der Waals surface area contributed by atoms with Crippen molar-refractivity contribution >= 4 is 19.1 Å². The van der Waals surface area contributed by atoms with E-state index in [9.17, 15) is 14.2 Å². The molecular weight excluding hydrogens is 283 g/mol. The van der Waals surface area contributed by atoms with Crippen molar-refractivity contribution in [1.82, 2.24) is 0 Å². The molecule has 0 saturated heterocycles. The van der Waals surface area contributed by atoms with Gasteiger partial charge in [-0.1, -0.05) is 0 Å². The van der Waals surface area contributed by atoms with Gasteiger partial charge in [0.15, 0.2) is 0 Å². The van der Waals surface area contributed by atoms with Crippen LogP contribution in [0.15, 0.2) is 18.2 Å². The molecule has 20 heavy (non-hydrogen) atoms. The first kappa shape index (κ1) is 16.2. The predicted octanol–water partition coefficient (Wildman–Crippen LogP) is 2.22. The topological polar surface area (TPSA) is 78.9 Å². The molecule has 0 fully saturated rings. The van der Waals surface area contributed by atoms with E-state index in [-0.39, 0.29) is 23.2 Å². The number of hydrogen-bond acceptors (Lipinski definition) is 6. The maximum absolute atomic E-state index is 11.6. The van der Waals surface area contributed by atoms with Crippen LogP contribution in [0, 0.1) is 0 Å². The SMILES string of the molecule is COC(=O)c1cc(OCP(C)(C)=O)cc(C(=O)OC)c1. The van der Waals surface area contributed by atoms with E-state index in [0.29, 0.717) is 0 Å². The summed E-state index contributed by atoms with van der Waals surface area (Å²) in [5, 5.41) is 0. The molecule has 0 aliphatic carbocycles. The quantitative estimate of drug-likeness (QED) is 0.613. The lowest BCUT2D eigenvalue weighted by atomic mass is 10.1. The Morgan fingerprint density at radius 2 is 1.45 bits per heavy atom. The molecule has 0 unspecified atom stereocenters. The highest BCUT2D eigenvalue weighted by Crippen LogP contribution is 2.36. The summed E-state index contributed by atoms with van der Waals surface area (Å²) in [7, 11) is 0.0949. The van der Waals surface area contributed by atoms with Crippen LogP contribution in [0.25, 0.3) is 0 Å². The number of hydrogen-bond donors (Lipinski definition) is 0. The number of ether oxygens (including phenoxy) is 3. The Labute approximate surface area is 117 Å². The van der Waals surface area contributed by atoms with Crippen LogP contribution in [-0.2, 0) is 14.0 Å². The molecular formula is C13H17O6P. The highest BCUT2D eigenvalue weighted by Gasteiger charge is 2.15. The smallest absolute Gasteiger partial charge is 0.338 e. The van der Waals surface area contributed by atoms with Crippen molar-refractivity contribution < 1.29 is 28.4 Å². The second-order valence-corrected chi connectivity index (χ2v) is 7.98. The van der Waals surface area contributed by atoms with E-state index in [4.69, 9.17) is 4.74 Å².